The number of rotatable bonds is 8. The summed E-state index contributed by atoms with van der Waals surface area (Å²) in [6.45, 7) is 10.4. The highest BCUT2D eigenvalue weighted by Crippen LogP contribution is 2.33. The molecule has 3 aromatic heterocycles. The number of aromatic nitrogens is 8. The lowest BCUT2D eigenvalue weighted by Crippen LogP contribution is -2.12. The van der Waals surface area contributed by atoms with E-state index in [0.717, 1.165) is 33.6 Å². The third kappa shape index (κ3) is 4.61. The highest BCUT2D eigenvalue weighted by atomic mass is 16.5. The standard InChI is InChI=1S/C26H28N8O2/c1-15(2)35-25-22-23(26(31-30-25)36-16(3)4)34(17(5)27-22)14-18-10-12-19(13-11-18)20-8-6-7-9-21(20)24-28-32-33-29-24/h6-13,15-16H,14H2,1-5H3,(H,28,29,32,33). The minimum Gasteiger partial charge on any atom is -0.472 e. The maximum absolute atomic E-state index is 6.00. The molecule has 0 saturated heterocycles. The van der Waals surface area contributed by atoms with Crippen LogP contribution in [0.1, 0.15) is 39.1 Å². The fraction of sp³-hybridized carbons (Fsp3) is 0.308. The summed E-state index contributed by atoms with van der Waals surface area (Å²) in [6.07, 6.45) is -0.102. The Morgan fingerprint density at radius 1 is 0.833 bits per heavy atom. The molecule has 10 heteroatoms. The van der Waals surface area contributed by atoms with Crippen LogP contribution >= 0.6 is 0 Å². The Bertz CT molecular complexity index is 1470. The molecule has 0 amide bonds. The number of tetrazole rings is 1. The van der Waals surface area contributed by atoms with Crippen molar-refractivity contribution in [1.82, 2.24) is 40.4 Å². The van der Waals surface area contributed by atoms with Gasteiger partial charge in [0.1, 0.15) is 11.3 Å². The van der Waals surface area contributed by atoms with Gasteiger partial charge in [-0.05, 0) is 61.7 Å². The minimum absolute atomic E-state index is 0.0482. The van der Waals surface area contributed by atoms with E-state index in [0.29, 0.717) is 29.6 Å². The van der Waals surface area contributed by atoms with Crippen LogP contribution in [0, 0.1) is 6.92 Å². The summed E-state index contributed by atoms with van der Waals surface area (Å²) < 4.78 is 14.0. The fourth-order valence-corrected chi connectivity index (χ4v) is 4.10. The van der Waals surface area contributed by atoms with Crippen molar-refractivity contribution in [2.45, 2.75) is 53.4 Å². The molecule has 36 heavy (non-hydrogen) atoms. The van der Waals surface area contributed by atoms with E-state index in [2.05, 4.69) is 65.7 Å². The van der Waals surface area contributed by atoms with Crippen LogP contribution in [0.2, 0.25) is 0 Å². The zero-order valence-electron chi connectivity index (χ0n) is 20.9. The SMILES string of the molecule is Cc1nc2c(OC(C)C)nnc(OC(C)C)c2n1Cc1ccc(-c2ccccc2-c2nnn[nH]2)cc1. The molecule has 0 atom stereocenters. The predicted molar refractivity (Wildman–Crippen MR) is 136 cm³/mol. The van der Waals surface area contributed by atoms with Crippen molar-refractivity contribution in [3.05, 3.63) is 59.9 Å². The number of nitrogens with one attached hydrogen (secondary N) is 1. The number of aromatic amines is 1. The summed E-state index contributed by atoms with van der Waals surface area (Å²) in [6, 6.07) is 16.5. The summed E-state index contributed by atoms with van der Waals surface area (Å²) in [4.78, 5) is 4.77. The first-order valence-corrected chi connectivity index (χ1v) is 11.9. The van der Waals surface area contributed by atoms with Crippen LogP contribution in [0.3, 0.4) is 0 Å². The Kier molecular flexibility index (Phi) is 6.32. The molecular weight excluding hydrogens is 456 g/mol. The highest BCUT2D eigenvalue weighted by molar-refractivity contribution is 5.85. The number of H-pyrrole nitrogens is 1. The number of hydrogen-bond donors (Lipinski definition) is 1. The van der Waals surface area contributed by atoms with Gasteiger partial charge in [0.05, 0.1) is 12.2 Å². The van der Waals surface area contributed by atoms with Gasteiger partial charge in [-0.2, -0.15) is 0 Å². The van der Waals surface area contributed by atoms with Crippen molar-refractivity contribution in [2.24, 2.45) is 0 Å². The Labute approximate surface area is 208 Å². The van der Waals surface area contributed by atoms with Gasteiger partial charge >= 0.3 is 0 Å². The van der Waals surface area contributed by atoms with Gasteiger partial charge < -0.3 is 14.0 Å². The van der Waals surface area contributed by atoms with E-state index in [1.165, 1.54) is 0 Å². The van der Waals surface area contributed by atoms with Crippen molar-refractivity contribution < 1.29 is 9.47 Å². The summed E-state index contributed by atoms with van der Waals surface area (Å²) >= 11 is 0. The van der Waals surface area contributed by atoms with Crippen molar-refractivity contribution >= 4 is 11.0 Å². The van der Waals surface area contributed by atoms with Gasteiger partial charge in [0.25, 0.3) is 11.8 Å². The Hall–Kier alpha value is -4.34. The summed E-state index contributed by atoms with van der Waals surface area (Å²) in [5.41, 5.74) is 5.60. The van der Waals surface area contributed by atoms with Crippen molar-refractivity contribution in [2.75, 3.05) is 0 Å². The molecule has 0 aliphatic rings. The quantitative estimate of drug-likeness (QED) is 0.339. The van der Waals surface area contributed by atoms with Gasteiger partial charge in [-0.15, -0.1) is 15.3 Å². The lowest BCUT2D eigenvalue weighted by atomic mass is 9.98. The molecule has 5 aromatic rings. The zero-order valence-corrected chi connectivity index (χ0v) is 20.9. The molecule has 184 valence electrons. The first-order valence-electron chi connectivity index (χ1n) is 11.9. The van der Waals surface area contributed by atoms with Crippen LogP contribution in [-0.2, 0) is 6.54 Å². The molecule has 10 nitrogen and oxygen atoms in total. The second-order valence-corrected chi connectivity index (χ2v) is 9.08. The van der Waals surface area contributed by atoms with E-state index >= 15 is 0 Å². The minimum atomic E-state index is -0.0538. The molecule has 5 rings (SSSR count). The molecule has 3 heterocycles. The van der Waals surface area contributed by atoms with E-state index in [1.807, 2.05) is 52.8 Å². The largest absolute Gasteiger partial charge is 0.472 e. The normalized spacial score (nSPS) is 11.5. The molecule has 2 aromatic carbocycles. The van der Waals surface area contributed by atoms with Gasteiger partial charge in [0.2, 0.25) is 0 Å². The molecule has 0 bridgehead atoms. The maximum Gasteiger partial charge on any atom is 0.262 e. The molecule has 0 radical (unpaired) electrons. The van der Waals surface area contributed by atoms with Crippen LogP contribution in [0.25, 0.3) is 33.5 Å². The molecule has 0 aliphatic carbocycles. The molecule has 0 spiro atoms. The number of imidazole rings is 1. The third-order valence-electron chi connectivity index (χ3n) is 5.62. The number of fused-ring (bicyclic) bond motifs is 1. The molecule has 0 fully saturated rings. The number of ether oxygens (including phenoxy) is 2. The zero-order chi connectivity index (χ0) is 25.2. The summed E-state index contributed by atoms with van der Waals surface area (Å²) in [7, 11) is 0. The van der Waals surface area contributed by atoms with E-state index in [4.69, 9.17) is 14.5 Å². The second-order valence-electron chi connectivity index (χ2n) is 9.08. The Morgan fingerprint density at radius 2 is 1.50 bits per heavy atom. The van der Waals surface area contributed by atoms with Crippen molar-refractivity contribution in [3.63, 3.8) is 0 Å². The number of aryl methyl sites for hydroxylation is 1. The maximum atomic E-state index is 6.00. The van der Waals surface area contributed by atoms with Crippen LogP contribution in [0.4, 0.5) is 0 Å². The second kappa shape index (κ2) is 9.73. The fourth-order valence-electron chi connectivity index (χ4n) is 4.10. The average Bonchev–Trinajstić information content (AvgIpc) is 3.50. The van der Waals surface area contributed by atoms with Crippen molar-refractivity contribution in [1.29, 1.82) is 0 Å². The molecule has 0 saturated carbocycles. The van der Waals surface area contributed by atoms with Gasteiger partial charge in [0, 0.05) is 12.1 Å². The lowest BCUT2D eigenvalue weighted by Gasteiger charge is -2.14. The third-order valence-corrected chi connectivity index (χ3v) is 5.62. The van der Waals surface area contributed by atoms with Crippen LogP contribution in [0.5, 0.6) is 11.8 Å². The summed E-state index contributed by atoms with van der Waals surface area (Å²) in [5.74, 6) is 2.32. The summed E-state index contributed by atoms with van der Waals surface area (Å²) in [5, 5.41) is 22.9. The number of nitrogens with zero attached hydrogens (tertiary/aromatic N) is 7. The van der Waals surface area contributed by atoms with Gasteiger partial charge in [-0.3, -0.25) is 0 Å². The van der Waals surface area contributed by atoms with Gasteiger partial charge in [-0.25, -0.2) is 10.1 Å². The van der Waals surface area contributed by atoms with E-state index < -0.39 is 0 Å². The first-order chi connectivity index (χ1) is 17.4. The van der Waals surface area contributed by atoms with Crippen LogP contribution < -0.4 is 9.47 Å². The Balaban J connectivity index is 1.51. The molecular formula is C26H28N8O2. The van der Waals surface area contributed by atoms with E-state index in [9.17, 15) is 0 Å². The van der Waals surface area contributed by atoms with Gasteiger partial charge in [-0.1, -0.05) is 48.5 Å². The Morgan fingerprint density at radius 3 is 2.17 bits per heavy atom. The van der Waals surface area contributed by atoms with E-state index in [-0.39, 0.29) is 12.2 Å². The number of hydrogen-bond acceptors (Lipinski definition) is 8. The topological polar surface area (TPSA) is 117 Å². The van der Waals surface area contributed by atoms with Crippen LogP contribution in [0.15, 0.2) is 48.5 Å². The van der Waals surface area contributed by atoms with Gasteiger partial charge in [0.15, 0.2) is 11.3 Å². The molecule has 0 aliphatic heterocycles. The van der Waals surface area contributed by atoms with Crippen LogP contribution in [-0.4, -0.2) is 52.6 Å². The van der Waals surface area contributed by atoms with Crippen molar-refractivity contribution in [3.8, 4) is 34.3 Å². The molecule has 1 N–H and O–H groups in total. The average molecular weight is 485 g/mol. The number of benzene rings is 2. The first kappa shape index (κ1) is 23.4. The van der Waals surface area contributed by atoms with E-state index in [1.54, 1.807) is 0 Å². The molecule has 0 unspecified atom stereocenters. The predicted octanol–water partition coefficient (Wildman–Crippen LogP) is 4.60. The lowest BCUT2D eigenvalue weighted by molar-refractivity contribution is 0.219. The smallest absolute Gasteiger partial charge is 0.262 e. The highest BCUT2D eigenvalue weighted by Gasteiger charge is 2.21. The monoisotopic (exact) mass is 484 g/mol.